The third kappa shape index (κ3) is 42.6. The van der Waals surface area contributed by atoms with E-state index >= 15 is 0 Å². The molecule has 18 heteroatoms. The molecular formula is C36H70N4O14. The molecule has 0 aliphatic heterocycles. The van der Waals surface area contributed by atoms with Gasteiger partial charge in [-0.15, -0.1) is 0 Å². The second kappa shape index (κ2) is 36.4. The third-order valence-corrected chi connectivity index (χ3v) is 6.40. The van der Waals surface area contributed by atoms with E-state index in [0.717, 1.165) is 0 Å². The topological polar surface area (TPSA) is 197 Å². The van der Waals surface area contributed by atoms with Crippen molar-refractivity contribution in [3.8, 4) is 0 Å². The molecule has 18 nitrogen and oxygen atoms in total. The van der Waals surface area contributed by atoms with Crippen LogP contribution in [0.25, 0.3) is 10.4 Å². The summed E-state index contributed by atoms with van der Waals surface area (Å²) in [5.74, 6) is -0.556. The van der Waals surface area contributed by atoms with Crippen molar-refractivity contribution in [2.45, 2.75) is 65.6 Å². The average Bonchev–Trinajstić information content (AvgIpc) is 3.09. The largest absolute Gasteiger partial charge is 0.460 e. The molecule has 0 amide bonds. The van der Waals surface area contributed by atoms with Crippen LogP contribution in [0.2, 0.25) is 0 Å². The molecule has 54 heavy (non-hydrogen) atoms. The van der Waals surface area contributed by atoms with Gasteiger partial charge in [0.1, 0.15) is 11.2 Å². The summed E-state index contributed by atoms with van der Waals surface area (Å²) in [5, 5.41) is 3.43. The summed E-state index contributed by atoms with van der Waals surface area (Å²) in [4.78, 5) is 28.2. The highest BCUT2D eigenvalue weighted by molar-refractivity contribution is 5.70. The lowest BCUT2D eigenvalue weighted by Crippen LogP contribution is -2.34. The summed E-state index contributed by atoms with van der Waals surface area (Å²) in [6, 6.07) is 0. The number of rotatable bonds is 39. The zero-order valence-corrected chi connectivity index (χ0v) is 33.9. The number of nitrogens with zero attached hydrogens (tertiary/aromatic N) is 4. The molecule has 0 aromatic carbocycles. The quantitative estimate of drug-likeness (QED) is 0.0290. The van der Waals surface area contributed by atoms with E-state index in [4.69, 9.17) is 62.4 Å². The van der Waals surface area contributed by atoms with E-state index in [0.29, 0.717) is 158 Å². The number of ether oxygens (including phenoxy) is 12. The minimum Gasteiger partial charge on any atom is -0.460 e. The second-order valence-electron chi connectivity index (χ2n) is 13.6. The first kappa shape index (κ1) is 51.8. The van der Waals surface area contributed by atoms with Gasteiger partial charge < -0.3 is 56.8 Å². The van der Waals surface area contributed by atoms with E-state index in [2.05, 4.69) is 14.9 Å². The van der Waals surface area contributed by atoms with E-state index in [1.54, 1.807) is 0 Å². The van der Waals surface area contributed by atoms with Crippen LogP contribution in [0.3, 0.4) is 0 Å². The van der Waals surface area contributed by atoms with Gasteiger partial charge in [0.2, 0.25) is 0 Å². The van der Waals surface area contributed by atoms with Crippen LogP contribution in [0, 0.1) is 0 Å². The van der Waals surface area contributed by atoms with Crippen molar-refractivity contribution in [1.29, 1.82) is 0 Å². The molecule has 0 aromatic rings. The van der Waals surface area contributed by atoms with E-state index in [-0.39, 0.29) is 24.8 Å². The molecule has 0 rings (SSSR count). The molecular weight excluding hydrogens is 712 g/mol. The van der Waals surface area contributed by atoms with Gasteiger partial charge in [-0.05, 0) is 47.1 Å². The molecule has 0 heterocycles. The van der Waals surface area contributed by atoms with Crippen molar-refractivity contribution < 1.29 is 66.4 Å². The first-order valence-electron chi connectivity index (χ1n) is 18.9. The van der Waals surface area contributed by atoms with E-state index in [9.17, 15) is 9.59 Å². The van der Waals surface area contributed by atoms with Gasteiger partial charge in [-0.2, -0.15) is 0 Å². The van der Waals surface area contributed by atoms with Crippen LogP contribution in [-0.2, 0) is 66.4 Å². The van der Waals surface area contributed by atoms with Crippen LogP contribution in [0.1, 0.15) is 54.4 Å². The summed E-state index contributed by atoms with van der Waals surface area (Å²) >= 11 is 0. The fourth-order valence-corrected chi connectivity index (χ4v) is 4.01. The summed E-state index contributed by atoms with van der Waals surface area (Å²) in [6.07, 6.45) is 0.427. The van der Waals surface area contributed by atoms with Gasteiger partial charge in [0.15, 0.2) is 0 Å². The Morgan fingerprint density at radius 2 is 0.704 bits per heavy atom. The monoisotopic (exact) mass is 782 g/mol. The van der Waals surface area contributed by atoms with Gasteiger partial charge in [-0.3, -0.25) is 14.5 Å². The molecule has 0 fully saturated rings. The molecule has 0 aromatic heterocycles. The van der Waals surface area contributed by atoms with Crippen LogP contribution < -0.4 is 0 Å². The number of esters is 2. The highest BCUT2D eigenvalue weighted by Gasteiger charge is 2.16. The van der Waals surface area contributed by atoms with Gasteiger partial charge in [0.25, 0.3) is 0 Å². The third-order valence-electron chi connectivity index (χ3n) is 6.40. The lowest BCUT2D eigenvalue weighted by atomic mass is 10.2. The number of carbonyl (C=O) groups is 2. The van der Waals surface area contributed by atoms with Crippen molar-refractivity contribution in [2.24, 2.45) is 5.11 Å². The molecule has 0 aliphatic carbocycles. The molecule has 0 saturated heterocycles. The number of carbonyl (C=O) groups excluding carboxylic acids is 2. The molecule has 0 spiro atoms. The fourth-order valence-electron chi connectivity index (χ4n) is 4.01. The van der Waals surface area contributed by atoms with E-state index in [1.807, 2.05) is 41.5 Å². The van der Waals surface area contributed by atoms with Crippen molar-refractivity contribution >= 4 is 11.9 Å². The first-order chi connectivity index (χ1) is 25.9. The summed E-state index contributed by atoms with van der Waals surface area (Å²) in [6.45, 7) is 22.0. The highest BCUT2D eigenvalue weighted by atomic mass is 16.6. The Balaban J connectivity index is 3.95. The van der Waals surface area contributed by atoms with Crippen molar-refractivity contribution in [1.82, 2.24) is 4.90 Å². The molecule has 0 atom stereocenters. The lowest BCUT2D eigenvalue weighted by molar-refractivity contribution is -0.157. The fraction of sp³-hybridized carbons (Fsp3) is 0.944. The Morgan fingerprint density at radius 3 is 0.981 bits per heavy atom. The highest BCUT2D eigenvalue weighted by Crippen LogP contribution is 2.09. The van der Waals surface area contributed by atoms with Crippen molar-refractivity contribution in [2.75, 3.05) is 158 Å². The molecule has 0 unspecified atom stereocenters. The Kier molecular flexibility index (Phi) is 35.0. The van der Waals surface area contributed by atoms with E-state index < -0.39 is 11.2 Å². The number of hydrogen-bond acceptors (Lipinski definition) is 16. The van der Waals surface area contributed by atoms with E-state index in [1.165, 1.54) is 0 Å². The predicted octanol–water partition coefficient (Wildman–Crippen LogP) is 3.23. The standard InChI is InChI=1S/C36H70N4O14/c1-35(2,3)53-33(41)7-13-43-19-25-49-29-31-51-27-23-47-17-11-40(10-16-46-22-21-45-15-9-38-39-37)12-18-48-24-28-52-32-30-50-26-20-44-14-8-34(42)54-36(4,5)6/h7-32H2,1-6H3. The summed E-state index contributed by atoms with van der Waals surface area (Å²) in [7, 11) is 0. The Hall–Kier alpha value is -2.19. The Morgan fingerprint density at radius 1 is 0.444 bits per heavy atom. The van der Waals surface area contributed by atoms with Gasteiger partial charge >= 0.3 is 11.9 Å². The predicted molar refractivity (Wildman–Crippen MR) is 200 cm³/mol. The van der Waals surface area contributed by atoms with Gasteiger partial charge in [-0.25, -0.2) is 0 Å². The van der Waals surface area contributed by atoms with Gasteiger partial charge in [-0.1, -0.05) is 5.11 Å². The maximum absolute atomic E-state index is 11.7. The van der Waals surface area contributed by atoms with Gasteiger partial charge in [0.05, 0.1) is 145 Å². The molecule has 0 saturated carbocycles. The summed E-state index contributed by atoms with van der Waals surface area (Å²) < 4.78 is 66.0. The minimum absolute atomic E-state index is 0.214. The maximum atomic E-state index is 11.7. The molecule has 318 valence electrons. The van der Waals surface area contributed by atoms with Crippen LogP contribution in [0.5, 0.6) is 0 Å². The number of azide groups is 1. The van der Waals surface area contributed by atoms with Crippen molar-refractivity contribution in [3.05, 3.63) is 10.4 Å². The minimum atomic E-state index is -0.493. The smallest absolute Gasteiger partial charge is 0.308 e. The van der Waals surface area contributed by atoms with Gasteiger partial charge in [0, 0.05) is 31.1 Å². The molecule has 0 aliphatic rings. The first-order valence-corrected chi connectivity index (χ1v) is 18.9. The second-order valence-corrected chi connectivity index (χ2v) is 13.6. The SMILES string of the molecule is CC(C)(C)OC(=O)CCOCCOCCOCCOCCN(CCOCCOCCN=[N+]=[N-])CCOCCOCCOCCOCCC(=O)OC(C)(C)C. The zero-order chi connectivity index (χ0) is 40.0. The maximum Gasteiger partial charge on any atom is 0.308 e. The Bertz CT molecular complexity index is 874. The Labute approximate surface area is 322 Å². The van der Waals surface area contributed by atoms with Crippen LogP contribution >= 0.6 is 0 Å². The normalized spacial score (nSPS) is 11.9. The molecule has 0 N–H and O–H groups in total. The lowest BCUT2D eigenvalue weighted by Gasteiger charge is -2.22. The summed E-state index contributed by atoms with van der Waals surface area (Å²) in [5.41, 5.74) is 7.32. The average molecular weight is 783 g/mol. The van der Waals surface area contributed by atoms with Crippen LogP contribution in [0.4, 0.5) is 0 Å². The van der Waals surface area contributed by atoms with Crippen molar-refractivity contribution in [3.63, 3.8) is 0 Å². The molecule has 0 bridgehead atoms. The molecule has 0 radical (unpaired) electrons. The van der Waals surface area contributed by atoms with Crippen LogP contribution in [-0.4, -0.2) is 186 Å². The zero-order valence-electron chi connectivity index (χ0n) is 33.9. The number of hydrogen-bond donors (Lipinski definition) is 0. The van der Waals surface area contributed by atoms with Crippen LogP contribution in [0.15, 0.2) is 5.11 Å².